The SMILES string of the molecule is CNS(=O)(=O)c1ccc(NC(=O)CCCc2nc(-c3ccccc3Cl)no2)cc1. The van der Waals surface area contributed by atoms with Gasteiger partial charge in [-0.1, -0.05) is 28.9 Å². The van der Waals surface area contributed by atoms with Crippen LogP contribution in [-0.2, 0) is 21.2 Å². The average Bonchev–Trinajstić information content (AvgIpc) is 3.17. The van der Waals surface area contributed by atoms with Crippen molar-refractivity contribution < 1.29 is 17.7 Å². The van der Waals surface area contributed by atoms with Crippen molar-refractivity contribution in [2.75, 3.05) is 12.4 Å². The Bertz CT molecular complexity index is 1100. The summed E-state index contributed by atoms with van der Waals surface area (Å²) in [7, 11) is -2.16. The van der Waals surface area contributed by atoms with Gasteiger partial charge in [-0.15, -0.1) is 0 Å². The average molecular weight is 435 g/mol. The van der Waals surface area contributed by atoms with Crippen LogP contribution in [0, 0.1) is 0 Å². The van der Waals surface area contributed by atoms with E-state index in [4.69, 9.17) is 16.1 Å². The molecule has 0 saturated heterocycles. The van der Waals surface area contributed by atoms with Gasteiger partial charge in [0.1, 0.15) is 0 Å². The summed E-state index contributed by atoms with van der Waals surface area (Å²) >= 11 is 6.12. The number of anilines is 1. The first-order valence-corrected chi connectivity index (χ1v) is 10.7. The number of aryl methyl sites for hydroxylation is 1. The molecule has 2 N–H and O–H groups in total. The van der Waals surface area contributed by atoms with E-state index >= 15 is 0 Å². The lowest BCUT2D eigenvalue weighted by molar-refractivity contribution is -0.116. The summed E-state index contributed by atoms with van der Waals surface area (Å²) in [6, 6.07) is 13.1. The highest BCUT2D eigenvalue weighted by molar-refractivity contribution is 7.89. The third kappa shape index (κ3) is 5.41. The highest BCUT2D eigenvalue weighted by Crippen LogP contribution is 2.25. The number of carbonyl (C=O) groups excluding carboxylic acids is 1. The van der Waals surface area contributed by atoms with Crippen LogP contribution < -0.4 is 10.0 Å². The predicted octanol–water partition coefficient (Wildman–Crippen LogP) is 3.26. The number of nitrogens with one attached hydrogen (secondary N) is 2. The Balaban J connectivity index is 1.50. The van der Waals surface area contributed by atoms with Gasteiger partial charge in [0, 0.05) is 24.1 Å². The number of benzene rings is 2. The van der Waals surface area contributed by atoms with Crippen molar-refractivity contribution in [3.8, 4) is 11.4 Å². The number of hydrogen-bond donors (Lipinski definition) is 2. The lowest BCUT2D eigenvalue weighted by Crippen LogP contribution is -2.18. The van der Waals surface area contributed by atoms with Crippen molar-refractivity contribution in [1.29, 1.82) is 0 Å². The van der Waals surface area contributed by atoms with Crippen LogP contribution in [0.2, 0.25) is 5.02 Å². The molecule has 152 valence electrons. The highest BCUT2D eigenvalue weighted by Gasteiger charge is 2.13. The Morgan fingerprint density at radius 1 is 1.14 bits per heavy atom. The molecular formula is C19H19ClN4O4S. The molecule has 8 nitrogen and oxygen atoms in total. The normalized spacial score (nSPS) is 11.4. The summed E-state index contributed by atoms with van der Waals surface area (Å²) < 4.78 is 30.8. The van der Waals surface area contributed by atoms with Crippen molar-refractivity contribution in [2.24, 2.45) is 0 Å². The van der Waals surface area contributed by atoms with Gasteiger partial charge in [-0.3, -0.25) is 4.79 Å². The number of nitrogens with zero attached hydrogens (tertiary/aromatic N) is 2. The molecule has 1 amide bonds. The molecule has 29 heavy (non-hydrogen) atoms. The van der Waals surface area contributed by atoms with Gasteiger partial charge in [0.15, 0.2) is 0 Å². The van der Waals surface area contributed by atoms with E-state index in [1.807, 2.05) is 12.1 Å². The van der Waals surface area contributed by atoms with E-state index in [1.165, 1.54) is 31.3 Å². The second kappa shape index (κ2) is 9.17. The van der Waals surface area contributed by atoms with E-state index in [0.717, 1.165) is 0 Å². The number of hydrogen-bond acceptors (Lipinski definition) is 6. The van der Waals surface area contributed by atoms with Crippen molar-refractivity contribution >= 4 is 33.2 Å². The summed E-state index contributed by atoms with van der Waals surface area (Å²) in [5.74, 6) is 0.640. The summed E-state index contributed by atoms with van der Waals surface area (Å²) in [6.45, 7) is 0. The zero-order chi connectivity index (χ0) is 20.9. The zero-order valence-corrected chi connectivity index (χ0v) is 17.1. The maximum atomic E-state index is 12.1. The molecule has 3 rings (SSSR count). The summed E-state index contributed by atoms with van der Waals surface area (Å²) in [4.78, 5) is 16.5. The molecule has 0 atom stereocenters. The Morgan fingerprint density at radius 2 is 1.86 bits per heavy atom. The molecule has 0 fully saturated rings. The van der Waals surface area contributed by atoms with Crippen molar-refractivity contribution in [2.45, 2.75) is 24.2 Å². The van der Waals surface area contributed by atoms with Crippen LogP contribution in [0.3, 0.4) is 0 Å². The first-order chi connectivity index (χ1) is 13.9. The molecular weight excluding hydrogens is 416 g/mol. The van der Waals surface area contributed by atoms with E-state index in [-0.39, 0.29) is 17.2 Å². The standard InChI is InChI=1S/C19H19ClN4O4S/c1-21-29(26,27)14-11-9-13(10-12-14)22-17(25)7-4-8-18-23-19(24-28-18)15-5-2-3-6-16(15)20/h2-3,5-6,9-12,21H,4,7-8H2,1H3,(H,22,25). The first kappa shape index (κ1) is 21.0. The minimum absolute atomic E-state index is 0.128. The van der Waals surface area contributed by atoms with Crippen LogP contribution in [-0.4, -0.2) is 31.5 Å². The predicted molar refractivity (Wildman–Crippen MR) is 109 cm³/mol. The minimum Gasteiger partial charge on any atom is -0.339 e. The summed E-state index contributed by atoms with van der Waals surface area (Å²) in [5, 5.41) is 7.18. The number of halogens is 1. The largest absolute Gasteiger partial charge is 0.339 e. The van der Waals surface area contributed by atoms with E-state index < -0.39 is 10.0 Å². The molecule has 0 bridgehead atoms. The molecule has 0 unspecified atom stereocenters. The molecule has 10 heteroatoms. The van der Waals surface area contributed by atoms with Crippen molar-refractivity contribution in [3.05, 3.63) is 59.4 Å². The van der Waals surface area contributed by atoms with E-state index in [1.54, 1.807) is 12.1 Å². The van der Waals surface area contributed by atoms with E-state index in [0.29, 0.717) is 40.8 Å². The first-order valence-electron chi connectivity index (χ1n) is 8.80. The third-order valence-electron chi connectivity index (χ3n) is 4.09. The van der Waals surface area contributed by atoms with E-state index in [2.05, 4.69) is 20.2 Å². The van der Waals surface area contributed by atoms with Gasteiger partial charge in [-0.05, 0) is 49.9 Å². The number of carbonyl (C=O) groups is 1. The van der Waals surface area contributed by atoms with Crippen molar-refractivity contribution in [1.82, 2.24) is 14.9 Å². The Morgan fingerprint density at radius 3 is 2.55 bits per heavy atom. The molecule has 1 aromatic heterocycles. The zero-order valence-electron chi connectivity index (χ0n) is 15.6. The van der Waals surface area contributed by atoms with Gasteiger partial charge < -0.3 is 9.84 Å². The topological polar surface area (TPSA) is 114 Å². The second-order valence-corrected chi connectivity index (χ2v) is 8.42. The van der Waals surface area contributed by atoms with Gasteiger partial charge in [0.25, 0.3) is 0 Å². The monoisotopic (exact) mass is 434 g/mol. The molecule has 1 heterocycles. The van der Waals surface area contributed by atoms with Gasteiger partial charge >= 0.3 is 0 Å². The lowest BCUT2D eigenvalue weighted by Gasteiger charge is -2.06. The van der Waals surface area contributed by atoms with Crippen LogP contribution in [0.5, 0.6) is 0 Å². The number of rotatable bonds is 8. The summed E-state index contributed by atoms with van der Waals surface area (Å²) in [5.41, 5.74) is 1.20. The third-order valence-corrected chi connectivity index (χ3v) is 5.85. The number of aromatic nitrogens is 2. The Hall–Kier alpha value is -2.75. The molecule has 0 saturated carbocycles. The van der Waals surface area contributed by atoms with Gasteiger partial charge in [0.05, 0.1) is 9.92 Å². The summed E-state index contributed by atoms with van der Waals surface area (Å²) in [6.07, 6.45) is 1.22. The lowest BCUT2D eigenvalue weighted by atomic mass is 10.2. The second-order valence-electron chi connectivity index (χ2n) is 6.13. The van der Waals surface area contributed by atoms with Crippen LogP contribution in [0.1, 0.15) is 18.7 Å². The number of amides is 1. The Kier molecular flexibility index (Phi) is 6.63. The maximum absolute atomic E-state index is 12.1. The highest BCUT2D eigenvalue weighted by atomic mass is 35.5. The molecule has 0 aliphatic heterocycles. The van der Waals surface area contributed by atoms with Gasteiger partial charge in [0.2, 0.25) is 27.6 Å². The fourth-order valence-electron chi connectivity index (χ4n) is 2.57. The molecule has 2 aromatic carbocycles. The van der Waals surface area contributed by atoms with Crippen LogP contribution in [0.4, 0.5) is 5.69 Å². The van der Waals surface area contributed by atoms with Gasteiger partial charge in [-0.2, -0.15) is 4.98 Å². The fraction of sp³-hybridized carbons (Fsp3) is 0.211. The number of sulfonamides is 1. The van der Waals surface area contributed by atoms with Crippen LogP contribution >= 0.6 is 11.6 Å². The quantitative estimate of drug-likeness (QED) is 0.562. The van der Waals surface area contributed by atoms with Crippen LogP contribution in [0.15, 0.2) is 57.9 Å². The Labute approximate surface area is 173 Å². The molecule has 0 spiro atoms. The van der Waals surface area contributed by atoms with Gasteiger partial charge in [-0.25, -0.2) is 13.1 Å². The molecule has 0 radical (unpaired) electrons. The molecule has 3 aromatic rings. The molecule has 0 aliphatic carbocycles. The van der Waals surface area contributed by atoms with Crippen molar-refractivity contribution in [3.63, 3.8) is 0 Å². The fourth-order valence-corrected chi connectivity index (χ4v) is 3.52. The minimum atomic E-state index is -3.50. The molecule has 0 aliphatic rings. The maximum Gasteiger partial charge on any atom is 0.240 e. The van der Waals surface area contributed by atoms with E-state index in [9.17, 15) is 13.2 Å². The smallest absolute Gasteiger partial charge is 0.240 e. The van der Waals surface area contributed by atoms with Crippen LogP contribution in [0.25, 0.3) is 11.4 Å².